The van der Waals surface area contributed by atoms with Crippen molar-refractivity contribution < 1.29 is 17.0 Å². The van der Waals surface area contributed by atoms with Crippen molar-refractivity contribution in [1.82, 2.24) is 4.98 Å². The summed E-state index contributed by atoms with van der Waals surface area (Å²) in [5.74, 6) is 1.27. The first-order valence-electron chi connectivity index (χ1n) is 6.89. The molecule has 0 amide bonds. The first-order valence-corrected chi connectivity index (χ1v) is 8.71. The molecule has 0 bridgehead atoms. The normalized spacial score (nSPS) is 12.3. The van der Waals surface area contributed by atoms with Gasteiger partial charge in [-0.05, 0) is 25.8 Å². The van der Waals surface area contributed by atoms with Gasteiger partial charge in [0.05, 0.1) is 18.6 Å². The molecule has 0 spiro atoms. The molecule has 0 aliphatic carbocycles. The highest BCUT2D eigenvalue weighted by Crippen LogP contribution is 2.13. The summed E-state index contributed by atoms with van der Waals surface area (Å²) in [6.07, 6.45) is 9.99. The number of allylic oxidation sites excluding steroid dienone is 1. The van der Waals surface area contributed by atoms with Crippen LogP contribution in [0.5, 0.6) is 0 Å². The topological polar surface area (TPSA) is 69.4 Å². The fraction of sp³-hybridized carbons (Fsp3) is 0.643. The van der Waals surface area contributed by atoms with Gasteiger partial charge in [-0.3, -0.25) is 4.18 Å². The van der Waals surface area contributed by atoms with Gasteiger partial charge in [0.15, 0.2) is 0 Å². The van der Waals surface area contributed by atoms with Crippen molar-refractivity contribution in [2.45, 2.75) is 46.0 Å². The van der Waals surface area contributed by atoms with Gasteiger partial charge in [-0.15, -0.1) is 0 Å². The summed E-state index contributed by atoms with van der Waals surface area (Å²) in [5.41, 5.74) is 0.738. The van der Waals surface area contributed by atoms with E-state index in [-0.39, 0.29) is 6.61 Å². The van der Waals surface area contributed by atoms with Crippen LogP contribution in [-0.2, 0) is 20.7 Å². The number of oxazole rings is 1. The summed E-state index contributed by atoms with van der Waals surface area (Å²) in [7, 11) is -3.40. The molecule has 114 valence electrons. The van der Waals surface area contributed by atoms with Crippen molar-refractivity contribution in [2.75, 3.05) is 12.9 Å². The van der Waals surface area contributed by atoms with Crippen LogP contribution < -0.4 is 0 Å². The molecule has 1 rings (SSSR count). The SMILES string of the molecule is CCCCCC=Cc1nc(CCOS(C)(=O)=O)c(C)o1. The Balaban J connectivity index is 2.46. The summed E-state index contributed by atoms with van der Waals surface area (Å²) < 4.78 is 31.9. The van der Waals surface area contributed by atoms with Crippen molar-refractivity contribution in [1.29, 1.82) is 0 Å². The molecular formula is C14H23NO4S. The van der Waals surface area contributed by atoms with Crippen LogP contribution in [0, 0.1) is 6.92 Å². The van der Waals surface area contributed by atoms with Crippen molar-refractivity contribution in [2.24, 2.45) is 0 Å². The quantitative estimate of drug-likeness (QED) is 0.518. The largest absolute Gasteiger partial charge is 0.442 e. The summed E-state index contributed by atoms with van der Waals surface area (Å²) in [4.78, 5) is 4.32. The number of hydrogen-bond donors (Lipinski definition) is 0. The average molecular weight is 301 g/mol. The smallest absolute Gasteiger partial charge is 0.264 e. The zero-order valence-corrected chi connectivity index (χ0v) is 13.2. The average Bonchev–Trinajstić information content (AvgIpc) is 2.68. The maximum absolute atomic E-state index is 10.9. The fourth-order valence-electron chi connectivity index (χ4n) is 1.74. The van der Waals surface area contributed by atoms with Crippen LogP contribution in [0.1, 0.15) is 50.0 Å². The van der Waals surface area contributed by atoms with E-state index in [9.17, 15) is 8.42 Å². The monoisotopic (exact) mass is 301 g/mol. The van der Waals surface area contributed by atoms with Gasteiger partial charge in [0.25, 0.3) is 10.1 Å². The van der Waals surface area contributed by atoms with Crippen LogP contribution in [0.3, 0.4) is 0 Å². The van der Waals surface area contributed by atoms with Crippen molar-refractivity contribution in [3.63, 3.8) is 0 Å². The number of aryl methyl sites for hydroxylation is 1. The summed E-state index contributed by atoms with van der Waals surface area (Å²) in [6, 6.07) is 0. The minimum atomic E-state index is -3.40. The molecule has 5 nitrogen and oxygen atoms in total. The molecule has 0 radical (unpaired) electrons. The van der Waals surface area contributed by atoms with Crippen LogP contribution in [0.4, 0.5) is 0 Å². The third-order valence-corrected chi connectivity index (χ3v) is 3.38. The van der Waals surface area contributed by atoms with Gasteiger partial charge in [0.2, 0.25) is 5.89 Å². The molecule has 0 aromatic carbocycles. The lowest BCUT2D eigenvalue weighted by molar-refractivity contribution is 0.324. The third-order valence-electron chi connectivity index (χ3n) is 2.78. The van der Waals surface area contributed by atoms with E-state index in [0.29, 0.717) is 18.1 Å². The van der Waals surface area contributed by atoms with E-state index in [4.69, 9.17) is 8.60 Å². The zero-order chi connectivity index (χ0) is 15.0. The Bertz CT molecular complexity index is 531. The Morgan fingerprint density at radius 2 is 2.10 bits per heavy atom. The highest BCUT2D eigenvalue weighted by Gasteiger charge is 2.09. The second-order valence-electron chi connectivity index (χ2n) is 4.73. The maximum atomic E-state index is 10.9. The van der Waals surface area contributed by atoms with Crippen molar-refractivity contribution in [3.8, 4) is 0 Å². The minimum absolute atomic E-state index is 0.0891. The van der Waals surface area contributed by atoms with Gasteiger partial charge in [0, 0.05) is 6.42 Å². The summed E-state index contributed by atoms with van der Waals surface area (Å²) in [6.45, 7) is 4.08. The van der Waals surface area contributed by atoms with Gasteiger partial charge in [-0.1, -0.05) is 25.8 Å². The molecule has 0 N–H and O–H groups in total. The Morgan fingerprint density at radius 1 is 1.35 bits per heavy atom. The van der Waals surface area contributed by atoms with E-state index in [1.807, 2.05) is 13.0 Å². The molecule has 1 aromatic heterocycles. The number of nitrogens with zero attached hydrogens (tertiary/aromatic N) is 1. The molecule has 6 heteroatoms. The van der Waals surface area contributed by atoms with E-state index in [1.165, 1.54) is 19.3 Å². The van der Waals surface area contributed by atoms with Crippen LogP contribution in [0.25, 0.3) is 6.08 Å². The second-order valence-corrected chi connectivity index (χ2v) is 6.37. The summed E-state index contributed by atoms with van der Waals surface area (Å²) >= 11 is 0. The highest BCUT2D eigenvalue weighted by atomic mass is 32.2. The van der Waals surface area contributed by atoms with Gasteiger partial charge >= 0.3 is 0 Å². The fourth-order valence-corrected chi connectivity index (χ4v) is 2.13. The van der Waals surface area contributed by atoms with E-state index in [2.05, 4.69) is 18.0 Å². The molecule has 0 saturated heterocycles. The molecule has 20 heavy (non-hydrogen) atoms. The van der Waals surface area contributed by atoms with Gasteiger partial charge in [-0.25, -0.2) is 4.98 Å². The molecule has 1 aromatic rings. The molecule has 0 fully saturated rings. The Morgan fingerprint density at radius 3 is 2.75 bits per heavy atom. The van der Waals surface area contributed by atoms with Gasteiger partial charge in [-0.2, -0.15) is 8.42 Å². The Hall–Kier alpha value is -1.14. The van der Waals surface area contributed by atoms with E-state index in [0.717, 1.165) is 18.4 Å². The van der Waals surface area contributed by atoms with E-state index >= 15 is 0 Å². The van der Waals surface area contributed by atoms with Gasteiger partial charge in [0.1, 0.15) is 5.76 Å². The first-order chi connectivity index (χ1) is 9.42. The predicted molar refractivity (Wildman–Crippen MR) is 78.9 cm³/mol. The first kappa shape index (κ1) is 16.9. The van der Waals surface area contributed by atoms with Crippen LogP contribution in [0.2, 0.25) is 0 Å². The summed E-state index contributed by atoms with van der Waals surface area (Å²) in [5, 5.41) is 0. The zero-order valence-electron chi connectivity index (χ0n) is 12.4. The lowest BCUT2D eigenvalue weighted by atomic mass is 10.2. The molecule has 0 atom stereocenters. The predicted octanol–water partition coefficient (Wildman–Crippen LogP) is 3.10. The number of hydrogen-bond acceptors (Lipinski definition) is 5. The van der Waals surface area contributed by atoms with Crippen molar-refractivity contribution >= 4 is 16.2 Å². The standard InChI is InChI=1S/C14H23NO4S/c1-4-5-6-7-8-9-14-15-13(12(2)19-14)10-11-18-20(3,16)17/h8-9H,4-7,10-11H2,1-3H3. The van der Waals surface area contributed by atoms with Crippen molar-refractivity contribution in [3.05, 3.63) is 23.4 Å². The highest BCUT2D eigenvalue weighted by molar-refractivity contribution is 7.85. The molecule has 0 aliphatic rings. The Kier molecular flexibility index (Phi) is 6.95. The number of aromatic nitrogens is 1. The van der Waals surface area contributed by atoms with Crippen LogP contribution in [-0.4, -0.2) is 26.3 Å². The Labute approximate surface area is 121 Å². The van der Waals surface area contributed by atoms with Crippen LogP contribution in [0.15, 0.2) is 10.5 Å². The molecule has 1 heterocycles. The minimum Gasteiger partial charge on any atom is -0.442 e. The second kappa shape index (κ2) is 8.21. The van der Waals surface area contributed by atoms with Gasteiger partial charge < -0.3 is 4.42 Å². The molecule has 0 aliphatic heterocycles. The molecule has 0 saturated carbocycles. The lowest BCUT2D eigenvalue weighted by Gasteiger charge is -1.98. The molecular weight excluding hydrogens is 278 g/mol. The molecule has 0 unspecified atom stereocenters. The van der Waals surface area contributed by atoms with Crippen LogP contribution >= 0.6 is 0 Å². The van der Waals surface area contributed by atoms with E-state index < -0.39 is 10.1 Å². The number of rotatable bonds is 9. The number of unbranched alkanes of at least 4 members (excludes halogenated alkanes) is 3. The maximum Gasteiger partial charge on any atom is 0.264 e. The third kappa shape index (κ3) is 6.86. The lowest BCUT2D eigenvalue weighted by Crippen LogP contribution is -2.06. The van der Waals surface area contributed by atoms with E-state index in [1.54, 1.807) is 0 Å².